The molecule has 114 valence electrons. The monoisotopic (exact) mass is 308 g/mol. The molecule has 0 aromatic heterocycles. The summed E-state index contributed by atoms with van der Waals surface area (Å²) in [5.41, 5.74) is 2.02. The number of hydrogen-bond donors (Lipinski definition) is 1. The van der Waals surface area contributed by atoms with E-state index < -0.39 is 4.92 Å². The molecule has 1 aliphatic rings. The minimum absolute atomic E-state index is 0.0442. The fourth-order valence-corrected chi connectivity index (χ4v) is 3.61. The molecule has 0 radical (unpaired) electrons. The quantitative estimate of drug-likeness (QED) is 0.663. The molecule has 1 aromatic rings. The van der Waals surface area contributed by atoms with Gasteiger partial charge in [-0.25, -0.2) is 0 Å². The second kappa shape index (κ2) is 6.93. The van der Waals surface area contributed by atoms with Gasteiger partial charge in [-0.15, -0.1) is 11.8 Å². The molecule has 0 spiro atoms. The molecule has 5 nitrogen and oxygen atoms in total. The van der Waals surface area contributed by atoms with Crippen molar-refractivity contribution in [2.75, 3.05) is 11.1 Å². The van der Waals surface area contributed by atoms with Gasteiger partial charge in [0.1, 0.15) is 5.69 Å². The summed E-state index contributed by atoms with van der Waals surface area (Å²) in [5, 5.41) is 14.3. The molecule has 6 heteroatoms. The van der Waals surface area contributed by atoms with E-state index >= 15 is 0 Å². The van der Waals surface area contributed by atoms with E-state index in [1.54, 1.807) is 17.8 Å². The molecule has 0 atom stereocenters. The van der Waals surface area contributed by atoms with Crippen LogP contribution in [0.1, 0.15) is 36.8 Å². The Morgan fingerprint density at radius 3 is 2.57 bits per heavy atom. The highest BCUT2D eigenvalue weighted by Gasteiger charge is 2.20. The third-order valence-electron chi connectivity index (χ3n) is 3.84. The van der Waals surface area contributed by atoms with Gasteiger partial charge in [0, 0.05) is 11.3 Å². The third kappa shape index (κ3) is 4.20. The van der Waals surface area contributed by atoms with Crippen LogP contribution in [0.5, 0.6) is 0 Å². The number of hydrogen-bond acceptors (Lipinski definition) is 4. The average Bonchev–Trinajstić information content (AvgIpc) is 2.93. The molecule has 0 saturated heterocycles. The molecule has 1 aliphatic carbocycles. The van der Waals surface area contributed by atoms with Gasteiger partial charge in [0.15, 0.2) is 0 Å². The highest BCUT2D eigenvalue weighted by atomic mass is 32.2. The standard InChI is InChI=1S/C15H20N2O3S/c1-10-7-13(14(17(19)20)8-11(10)2)16-15(18)9-21-12-5-3-4-6-12/h7-8,12H,3-6,9H2,1-2H3,(H,16,18). The summed E-state index contributed by atoms with van der Waals surface area (Å²) in [6.45, 7) is 3.70. The number of benzene rings is 1. The van der Waals surface area contributed by atoms with Crippen LogP contribution in [-0.2, 0) is 4.79 Å². The first-order chi connectivity index (χ1) is 9.97. The number of rotatable bonds is 5. The Hall–Kier alpha value is -1.56. The van der Waals surface area contributed by atoms with E-state index in [0.29, 0.717) is 16.7 Å². The molecular formula is C15H20N2O3S. The highest BCUT2D eigenvalue weighted by molar-refractivity contribution is 8.00. The van der Waals surface area contributed by atoms with Gasteiger partial charge in [0.05, 0.1) is 10.7 Å². The van der Waals surface area contributed by atoms with E-state index in [1.165, 1.54) is 31.7 Å². The lowest BCUT2D eigenvalue weighted by Crippen LogP contribution is -2.17. The number of carbonyl (C=O) groups is 1. The number of nitrogens with one attached hydrogen (secondary N) is 1. The van der Waals surface area contributed by atoms with Crippen LogP contribution in [-0.4, -0.2) is 21.8 Å². The second-order valence-electron chi connectivity index (χ2n) is 5.48. The predicted octanol–water partition coefficient (Wildman–Crippen LogP) is 3.83. The van der Waals surface area contributed by atoms with Crippen molar-refractivity contribution in [3.8, 4) is 0 Å². The maximum Gasteiger partial charge on any atom is 0.293 e. The first kappa shape index (κ1) is 15.8. The summed E-state index contributed by atoms with van der Waals surface area (Å²) in [6, 6.07) is 3.18. The van der Waals surface area contributed by atoms with Crippen molar-refractivity contribution < 1.29 is 9.72 Å². The first-order valence-electron chi connectivity index (χ1n) is 7.14. The van der Waals surface area contributed by atoms with Crippen LogP contribution < -0.4 is 5.32 Å². The Labute approximate surface area is 128 Å². The number of nitro groups is 1. The summed E-state index contributed by atoms with van der Waals surface area (Å²) in [4.78, 5) is 22.6. The van der Waals surface area contributed by atoms with E-state index in [4.69, 9.17) is 0 Å². The summed E-state index contributed by atoms with van der Waals surface area (Å²) in [6.07, 6.45) is 4.81. The maximum absolute atomic E-state index is 12.0. The van der Waals surface area contributed by atoms with E-state index in [9.17, 15) is 14.9 Å². The number of anilines is 1. The van der Waals surface area contributed by atoms with Gasteiger partial charge in [0.25, 0.3) is 5.69 Å². The van der Waals surface area contributed by atoms with Crippen molar-refractivity contribution in [1.29, 1.82) is 0 Å². The topological polar surface area (TPSA) is 72.2 Å². The second-order valence-corrected chi connectivity index (χ2v) is 6.77. The van der Waals surface area contributed by atoms with Crippen LogP contribution >= 0.6 is 11.8 Å². The van der Waals surface area contributed by atoms with E-state index in [1.807, 2.05) is 13.8 Å². The van der Waals surface area contributed by atoms with Gasteiger partial charge in [-0.2, -0.15) is 0 Å². The zero-order valence-electron chi connectivity index (χ0n) is 12.3. The summed E-state index contributed by atoms with van der Waals surface area (Å²) in [7, 11) is 0. The van der Waals surface area contributed by atoms with E-state index in [2.05, 4.69) is 5.32 Å². The number of amides is 1. The molecule has 1 N–H and O–H groups in total. The van der Waals surface area contributed by atoms with Gasteiger partial charge in [-0.1, -0.05) is 12.8 Å². The zero-order valence-corrected chi connectivity index (χ0v) is 13.2. The number of nitrogens with zero attached hydrogens (tertiary/aromatic N) is 1. The van der Waals surface area contributed by atoms with Crippen molar-refractivity contribution in [2.45, 2.75) is 44.8 Å². The fourth-order valence-electron chi connectivity index (χ4n) is 2.49. The van der Waals surface area contributed by atoms with Crippen LogP contribution in [0, 0.1) is 24.0 Å². The first-order valence-corrected chi connectivity index (χ1v) is 8.19. The number of carbonyl (C=O) groups excluding carboxylic acids is 1. The van der Waals surface area contributed by atoms with Gasteiger partial charge >= 0.3 is 0 Å². The van der Waals surface area contributed by atoms with Crippen LogP contribution in [0.4, 0.5) is 11.4 Å². The average molecular weight is 308 g/mol. The molecule has 0 heterocycles. The Bertz CT molecular complexity index is 554. The molecule has 0 aliphatic heterocycles. The summed E-state index contributed by atoms with van der Waals surface area (Å²) in [5.74, 6) is 0.188. The third-order valence-corrected chi connectivity index (χ3v) is 5.21. The predicted molar refractivity (Wildman–Crippen MR) is 85.9 cm³/mol. The molecule has 1 amide bonds. The molecule has 21 heavy (non-hydrogen) atoms. The molecular weight excluding hydrogens is 288 g/mol. The minimum atomic E-state index is -0.452. The Kier molecular flexibility index (Phi) is 5.22. The lowest BCUT2D eigenvalue weighted by atomic mass is 10.1. The Morgan fingerprint density at radius 1 is 1.33 bits per heavy atom. The van der Waals surface area contributed by atoms with Crippen molar-refractivity contribution in [3.63, 3.8) is 0 Å². The van der Waals surface area contributed by atoms with Crippen LogP contribution in [0.2, 0.25) is 0 Å². The molecule has 0 bridgehead atoms. The van der Waals surface area contributed by atoms with Gasteiger partial charge in [0.2, 0.25) is 5.91 Å². The largest absolute Gasteiger partial charge is 0.320 e. The molecule has 1 fully saturated rings. The SMILES string of the molecule is Cc1cc(NC(=O)CSC2CCCC2)c([N+](=O)[O-])cc1C. The Morgan fingerprint density at radius 2 is 1.95 bits per heavy atom. The maximum atomic E-state index is 12.0. The number of nitro benzene ring substituents is 1. The van der Waals surface area contributed by atoms with Gasteiger partial charge in [-0.3, -0.25) is 14.9 Å². The lowest BCUT2D eigenvalue weighted by Gasteiger charge is -2.11. The highest BCUT2D eigenvalue weighted by Crippen LogP contribution is 2.30. The normalized spacial score (nSPS) is 15.1. The van der Waals surface area contributed by atoms with Crippen molar-refractivity contribution >= 4 is 29.0 Å². The summed E-state index contributed by atoms with van der Waals surface area (Å²) < 4.78 is 0. The Balaban J connectivity index is 2.02. The number of aryl methyl sites for hydroxylation is 2. The molecule has 1 aromatic carbocycles. The fraction of sp³-hybridized carbons (Fsp3) is 0.533. The van der Waals surface area contributed by atoms with Gasteiger partial charge < -0.3 is 5.32 Å². The van der Waals surface area contributed by atoms with Crippen molar-refractivity contribution in [1.82, 2.24) is 0 Å². The molecule has 0 unspecified atom stereocenters. The van der Waals surface area contributed by atoms with Crippen LogP contribution in [0.15, 0.2) is 12.1 Å². The van der Waals surface area contributed by atoms with E-state index in [-0.39, 0.29) is 11.6 Å². The van der Waals surface area contributed by atoms with E-state index in [0.717, 1.165) is 11.1 Å². The lowest BCUT2D eigenvalue weighted by molar-refractivity contribution is -0.384. The van der Waals surface area contributed by atoms with Crippen LogP contribution in [0.25, 0.3) is 0 Å². The summed E-state index contributed by atoms with van der Waals surface area (Å²) >= 11 is 1.65. The van der Waals surface area contributed by atoms with Crippen molar-refractivity contribution in [2.24, 2.45) is 0 Å². The molecule has 2 rings (SSSR count). The van der Waals surface area contributed by atoms with Gasteiger partial charge in [-0.05, 0) is 43.9 Å². The zero-order chi connectivity index (χ0) is 15.4. The van der Waals surface area contributed by atoms with Crippen molar-refractivity contribution in [3.05, 3.63) is 33.4 Å². The van der Waals surface area contributed by atoms with Crippen LogP contribution in [0.3, 0.4) is 0 Å². The smallest absolute Gasteiger partial charge is 0.293 e. The minimum Gasteiger partial charge on any atom is -0.320 e. The number of thioether (sulfide) groups is 1. The molecule has 1 saturated carbocycles.